The van der Waals surface area contributed by atoms with Crippen LogP contribution in [0.4, 0.5) is 0 Å². The molecule has 0 bridgehead atoms. The monoisotopic (exact) mass is 296 g/mol. The molecule has 20 heavy (non-hydrogen) atoms. The summed E-state index contributed by atoms with van der Waals surface area (Å²) >= 11 is 6.39. The number of benzene rings is 1. The lowest BCUT2D eigenvalue weighted by Crippen LogP contribution is -2.01. The molecule has 0 amide bonds. The predicted molar refractivity (Wildman–Crippen MR) is 86.3 cm³/mol. The molecule has 1 aromatic rings. The van der Waals surface area contributed by atoms with Crippen molar-refractivity contribution in [3.63, 3.8) is 0 Å². The van der Waals surface area contributed by atoms with Gasteiger partial charge in [0.15, 0.2) is 11.5 Å². The smallest absolute Gasteiger partial charge is 0.162 e. The first kappa shape index (κ1) is 16.9. The topological polar surface area (TPSA) is 18.5 Å². The second kappa shape index (κ2) is 8.91. The molecule has 0 heterocycles. The number of hydrogen-bond acceptors (Lipinski definition) is 2. The highest BCUT2D eigenvalue weighted by Crippen LogP contribution is 2.37. The standard InChI is InChI=1S/C17H25ClO2/c1-5-8-9-10-13(4)14-11-16(19-6-2)17(20-7-3)12-15(14)18/h8-9,11-13H,5-7,10H2,1-4H3/b9-8-. The fourth-order valence-electron chi connectivity index (χ4n) is 2.06. The minimum absolute atomic E-state index is 0.361. The third-order valence-corrected chi connectivity index (χ3v) is 3.41. The van der Waals surface area contributed by atoms with E-state index in [1.807, 2.05) is 26.0 Å². The first-order valence-electron chi connectivity index (χ1n) is 7.37. The molecule has 0 radical (unpaired) electrons. The van der Waals surface area contributed by atoms with Crippen LogP contribution in [-0.2, 0) is 0 Å². The Morgan fingerprint density at radius 3 is 2.20 bits per heavy atom. The fourth-order valence-corrected chi connectivity index (χ4v) is 2.40. The Morgan fingerprint density at radius 2 is 1.65 bits per heavy atom. The summed E-state index contributed by atoms with van der Waals surface area (Å²) in [6, 6.07) is 3.88. The van der Waals surface area contributed by atoms with E-state index >= 15 is 0 Å². The molecule has 1 unspecified atom stereocenters. The van der Waals surface area contributed by atoms with Crippen molar-refractivity contribution in [3.8, 4) is 11.5 Å². The SMILES string of the molecule is CC/C=C\CC(C)c1cc(OCC)c(OCC)cc1Cl. The highest BCUT2D eigenvalue weighted by molar-refractivity contribution is 6.31. The predicted octanol–water partition coefficient (Wildman–Crippen LogP) is 5.60. The van der Waals surface area contributed by atoms with Crippen LogP contribution >= 0.6 is 11.6 Å². The second-order valence-corrected chi connectivity index (χ2v) is 5.11. The Hall–Kier alpha value is -1.15. The lowest BCUT2D eigenvalue weighted by molar-refractivity contribution is 0.287. The minimum atomic E-state index is 0.361. The van der Waals surface area contributed by atoms with E-state index in [4.69, 9.17) is 21.1 Å². The van der Waals surface area contributed by atoms with Gasteiger partial charge < -0.3 is 9.47 Å². The molecule has 1 rings (SSSR count). The van der Waals surface area contributed by atoms with Gasteiger partial charge >= 0.3 is 0 Å². The Balaban J connectivity index is 3.00. The molecular formula is C17H25ClO2. The lowest BCUT2D eigenvalue weighted by Gasteiger charge is -2.17. The molecule has 112 valence electrons. The fraction of sp³-hybridized carbons (Fsp3) is 0.529. The van der Waals surface area contributed by atoms with Crippen molar-refractivity contribution in [1.29, 1.82) is 0 Å². The van der Waals surface area contributed by atoms with Crippen LogP contribution in [-0.4, -0.2) is 13.2 Å². The van der Waals surface area contributed by atoms with E-state index < -0.39 is 0 Å². The first-order chi connectivity index (χ1) is 9.63. The summed E-state index contributed by atoms with van der Waals surface area (Å²) in [5.74, 6) is 1.86. The Bertz CT molecular complexity index is 441. The molecule has 0 saturated heterocycles. The zero-order chi connectivity index (χ0) is 15.0. The second-order valence-electron chi connectivity index (χ2n) is 4.70. The van der Waals surface area contributed by atoms with Crippen LogP contribution in [0.3, 0.4) is 0 Å². The summed E-state index contributed by atoms with van der Waals surface area (Å²) in [4.78, 5) is 0. The Kier molecular flexibility index (Phi) is 7.53. The number of allylic oxidation sites excluding steroid dienone is 2. The van der Waals surface area contributed by atoms with Gasteiger partial charge in [-0.3, -0.25) is 0 Å². The largest absolute Gasteiger partial charge is 0.490 e. The summed E-state index contributed by atoms with van der Waals surface area (Å²) < 4.78 is 11.2. The maximum atomic E-state index is 6.39. The third kappa shape index (κ3) is 4.75. The van der Waals surface area contributed by atoms with Crippen molar-refractivity contribution < 1.29 is 9.47 Å². The highest BCUT2D eigenvalue weighted by atomic mass is 35.5. The van der Waals surface area contributed by atoms with Crippen molar-refractivity contribution in [2.75, 3.05) is 13.2 Å². The maximum absolute atomic E-state index is 6.39. The van der Waals surface area contributed by atoms with Gasteiger partial charge in [0.2, 0.25) is 0 Å². The molecule has 0 saturated carbocycles. The van der Waals surface area contributed by atoms with E-state index in [1.165, 1.54) is 0 Å². The molecule has 1 aromatic carbocycles. The quantitative estimate of drug-likeness (QED) is 0.582. The molecule has 0 aromatic heterocycles. The molecule has 0 spiro atoms. The molecule has 0 fully saturated rings. The van der Waals surface area contributed by atoms with Gasteiger partial charge in [-0.05, 0) is 44.2 Å². The van der Waals surface area contributed by atoms with Crippen molar-refractivity contribution >= 4 is 11.6 Å². The van der Waals surface area contributed by atoms with Gasteiger partial charge in [-0.15, -0.1) is 0 Å². The number of halogens is 1. The van der Waals surface area contributed by atoms with Gasteiger partial charge in [-0.1, -0.05) is 37.6 Å². The third-order valence-electron chi connectivity index (χ3n) is 3.09. The zero-order valence-electron chi connectivity index (χ0n) is 12.9. The molecule has 0 aliphatic heterocycles. The summed E-state index contributed by atoms with van der Waals surface area (Å²) in [5.41, 5.74) is 1.11. The van der Waals surface area contributed by atoms with Gasteiger partial charge in [0.25, 0.3) is 0 Å². The maximum Gasteiger partial charge on any atom is 0.162 e. The highest BCUT2D eigenvalue weighted by Gasteiger charge is 2.14. The van der Waals surface area contributed by atoms with Crippen LogP contribution in [0.1, 0.15) is 52.0 Å². The molecule has 2 nitrogen and oxygen atoms in total. The van der Waals surface area contributed by atoms with Crippen molar-refractivity contribution in [2.45, 2.75) is 46.5 Å². The molecular weight excluding hydrogens is 272 g/mol. The normalized spacial score (nSPS) is 12.7. The lowest BCUT2D eigenvalue weighted by atomic mass is 9.97. The van der Waals surface area contributed by atoms with Crippen LogP contribution in [0.5, 0.6) is 11.5 Å². The van der Waals surface area contributed by atoms with Crippen LogP contribution in [0.25, 0.3) is 0 Å². The Labute approximate surface area is 127 Å². The van der Waals surface area contributed by atoms with Gasteiger partial charge in [-0.25, -0.2) is 0 Å². The zero-order valence-corrected chi connectivity index (χ0v) is 13.7. The van der Waals surface area contributed by atoms with Crippen molar-refractivity contribution in [3.05, 3.63) is 34.9 Å². The first-order valence-corrected chi connectivity index (χ1v) is 7.75. The van der Waals surface area contributed by atoms with E-state index in [9.17, 15) is 0 Å². The van der Waals surface area contributed by atoms with E-state index in [-0.39, 0.29) is 0 Å². The average Bonchev–Trinajstić information content (AvgIpc) is 2.42. The van der Waals surface area contributed by atoms with Gasteiger partial charge in [0.05, 0.1) is 13.2 Å². The van der Waals surface area contributed by atoms with Gasteiger partial charge in [0, 0.05) is 11.1 Å². The molecule has 0 aliphatic carbocycles. The Morgan fingerprint density at radius 1 is 1.05 bits per heavy atom. The minimum Gasteiger partial charge on any atom is -0.490 e. The molecule has 0 aliphatic rings. The summed E-state index contributed by atoms with van der Waals surface area (Å²) in [5, 5.41) is 0.745. The summed E-state index contributed by atoms with van der Waals surface area (Å²) in [7, 11) is 0. The number of ether oxygens (including phenoxy) is 2. The van der Waals surface area contributed by atoms with Gasteiger partial charge in [-0.2, -0.15) is 0 Å². The molecule has 3 heteroatoms. The molecule has 0 N–H and O–H groups in total. The van der Waals surface area contributed by atoms with Crippen LogP contribution < -0.4 is 9.47 Å². The molecule has 1 atom stereocenters. The summed E-state index contributed by atoms with van der Waals surface area (Å²) in [6.45, 7) is 9.46. The van der Waals surface area contributed by atoms with E-state index in [0.717, 1.165) is 34.9 Å². The van der Waals surface area contributed by atoms with Crippen molar-refractivity contribution in [2.24, 2.45) is 0 Å². The van der Waals surface area contributed by atoms with Gasteiger partial charge in [0.1, 0.15) is 0 Å². The van der Waals surface area contributed by atoms with Crippen LogP contribution in [0, 0.1) is 0 Å². The number of hydrogen-bond donors (Lipinski definition) is 0. The summed E-state index contributed by atoms with van der Waals surface area (Å²) in [6.07, 6.45) is 6.43. The number of rotatable bonds is 8. The van der Waals surface area contributed by atoms with E-state index in [0.29, 0.717) is 19.1 Å². The average molecular weight is 297 g/mol. The van der Waals surface area contributed by atoms with E-state index in [1.54, 1.807) is 0 Å². The van der Waals surface area contributed by atoms with E-state index in [2.05, 4.69) is 26.0 Å². The van der Waals surface area contributed by atoms with Crippen LogP contribution in [0.2, 0.25) is 5.02 Å². The van der Waals surface area contributed by atoms with Crippen molar-refractivity contribution in [1.82, 2.24) is 0 Å². The van der Waals surface area contributed by atoms with Crippen LogP contribution in [0.15, 0.2) is 24.3 Å².